The fourth-order valence-corrected chi connectivity index (χ4v) is 2.32. The van der Waals surface area contributed by atoms with Crippen LogP contribution in [0.25, 0.3) is 5.69 Å². The summed E-state index contributed by atoms with van der Waals surface area (Å²) in [7, 11) is 0. The zero-order valence-electron chi connectivity index (χ0n) is 12.1. The molecule has 3 rings (SSSR count). The highest BCUT2D eigenvalue weighted by atomic mass is 15.5. The van der Waals surface area contributed by atoms with Crippen LogP contribution in [0.5, 0.6) is 0 Å². The van der Waals surface area contributed by atoms with Gasteiger partial charge in [-0.25, -0.2) is 0 Å². The number of rotatable bonds is 6. The van der Waals surface area contributed by atoms with E-state index in [-0.39, 0.29) is 0 Å². The van der Waals surface area contributed by atoms with E-state index in [1.807, 2.05) is 24.3 Å². The maximum atomic E-state index is 4.12. The Morgan fingerprint density at radius 2 is 1.81 bits per heavy atom. The smallest absolute Gasteiger partial charge is 0.0858 e. The predicted octanol–water partition coefficient (Wildman–Crippen LogP) is 3.09. The molecular formula is C16H19N5. The van der Waals surface area contributed by atoms with Crippen molar-refractivity contribution in [1.82, 2.24) is 19.6 Å². The number of aromatic nitrogens is 4. The number of benzene rings is 1. The van der Waals surface area contributed by atoms with Gasteiger partial charge in [-0.2, -0.15) is 15.0 Å². The molecule has 0 unspecified atom stereocenters. The Balaban J connectivity index is 1.64. The summed E-state index contributed by atoms with van der Waals surface area (Å²) in [6.07, 6.45) is 6.63. The molecule has 5 nitrogen and oxygen atoms in total. The van der Waals surface area contributed by atoms with Crippen LogP contribution >= 0.6 is 0 Å². The Kier molecular flexibility index (Phi) is 4.00. The third-order valence-corrected chi connectivity index (χ3v) is 3.38. The molecule has 1 aromatic carbocycles. The normalized spacial score (nSPS) is 10.7. The lowest BCUT2D eigenvalue weighted by Gasteiger charge is -2.10. The second-order valence-electron chi connectivity index (χ2n) is 4.91. The van der Waals surface area contributed by atoms with E-state index >= 15 is 0 Å². The highest BCUT2D eigenvalue weighted by Gasteiger charge is 2.01. The average Bonchev–Trinajstić information content (AvgIpc) is 3.18. The van der Waals surface area contributed by atoms with Gasteiger partial charge in [0.05, 0.1) is 24.6 Å². The summed E-state index contributed by atoms with van der Waals surface area (Å²) in [6.45, 7) is 4.08. The predicted molar refractivity (Wildman–Crippen MR) is 83.4 cm³/mol. The summed E-state index contributed by atoms with van der Waals surface area (Å²) in [5.41, 5.74) is 3.35. The minimum atomic E-state index is 0.826. The molecule has 0 amide bonds. The van der Waals surface area contributed by atoms with Gasteiger partial charge in [-0.05, 0) is 42.8 Å². The zero-order chi connectivity index (χ0) is 14.5. The molecule has 0 saturated heterocycles. The highest BCUT2D eigenvalue weighted by Crippen LogP contribution is 2.13. The third-order valence-electron chi connectivity index (χ3n) is 3.38. The molecule has 21 heavy (non-hydrogen) atoms. The van der Waals surface area contributed by atoms with Crippen LogP contribution in [0.3, 0.4) is 0 Å². The minimum absolute atomic E-state index is 0.826. The Hall–Kier alpha value is -2.56. The first-order chi connectivity index (χ1) is 10.4. The molecule has 108 valence electrons. The van der Waals surface area contributed by atoms with E-state index in [0.717, 1.165) is 30.9 Å². The van der Waals surface area contributed by atoms with Gasteiger partial charge in [-0.15, -0.1) is 0 Å². The average molecular weight is 281 g/mol. The second-order valence-corrected chi connectivity index (χ2v) is 4.91. The topological polar surface area (TPSA) is 47.7 Å². The number of hydrogen-bond acceptors (Lipinski definition) is 3. The van der Waals surface area contributed by atoms with Crippen molar-refractivity contribution in [2.24, 2.45) is 0 Å². The van der Waals surface area contributed by atoms with Gasteiger partial charge >= 0.3 is 0 Å². The molecule has 0 bridgehead atoms. The summed E-state index contributed by atoms with van der Waals surface area (Å²) >= 11 is 0. The first-order valence-corrected chi connectivity index (χ1v) is 7.21. The molecule has 0 aliphatic rings. The van der Waals surface area contributed by atoms with Gasteiger partial charge in [0.25, 0.3) is 0 Å². The van der Waals surface area contributed by atoms with E-state index in [2.05, 4.69) is 45.3 Å². The van der Waals surface area contributed by atoms with E-state index in [1.54, 1.807) is 17.2 Å². The van der Waals surface area contributed by atoms with E-state index in [1.165, 1.54) is 5.69 Å². The van der Waals surface area contributed by atoms with E-state index in [4.69, 9.17) is 0 Å². The lowest BCUT2D eigenvalue weighted by atomic mass is 10.3. The van der Waals surface area contributed by atoms with Gasteiger partial charge in [0, 0.05) is 24.1 Å². The van der Waals surface area contributed by atoms with Crippen LogP contribution in [-0.2, 0) is 13.1 Å². The molecule has 0 fully saturated rings. The first-order valence-electron chi connectivity index (χ1n) is 7.21. The molecule has 2 aromatic heterocycles. The maximum Gasteiger partial charge on any atom is 0.0858 e. The summed E-state index contributed by atoms with van der Waals surface area (Å²) in [4.78, 5) is 1.61. The molecule has 5 heteroatoms. The van der Waals surface area contributed by atoms with E-state index in [0.29, 0.717) is 0 Å². The highest BCUT2D eigenvalue weighted by molar-refractivity contribution is 5.48. The van der Waals surface area contributed by atoms with Crippen LogP contribution in [0, 0.1) is 0 Å². The SMILES string of the molecule is CCCn1cccc1CNc1ccc(-n2nccn2)cc1. The van der Waals surface area contributed by atoms with Crippen molar-refractivity contribution in [2.75, 3.05) is 5.32 Å². The van der Waals surface area contributed by atoms with Crippen molar-refractivity contribution in [2.45, 2.75) is 26.4 Å². The molecule has 1 N–H and O–H groups in total. The Bertz CT molecular complexity index is 667. The van der Waals surface area contributed by atoms with Crippen molar-refractivity contribution >= 4 is 5.69 Å². The number of aryl methyl sites for hydroxylation is 1. The van der Waals surface area contributed by atoms with Crippen LogP contribution in [0.2, 0.25) is 0 Å². The molecule has 0 aliphatic heterocycles. The van der Waals surface area contributed by atoms with E-state index < -0.39 is 0 Å². The van der Waals surface area contributed by atoms with Crippen LogP contribution in [0.15, 0.2) is 55.0 Å². The summed E-state index contributed by atoms with van der Waals surface area (Å²) in [6, 6.07) is 12.4. The molecule has 0 saturated carbocycles. The molecule has 0 atom stereocenters. The first kappa shape index (κ1) is 13.4. The van der Waals surface area contributed by atoms with E-state index in [9.17, 15) is 0 Å². The second kappa shape index (κ2) is 6.26. The van der Waals surface area contributed by atoms with Gasteiger partial charge in [-0.1, -0.05) is 6.92 Å². The van der Waals surface area contributed by atoms with Crippen LogP contribution in [-0.4, -0.2) is 19.6 Å². The lowest BCUT2D eigenvalue weighted by Crippen LogP contribution is -2.07. The number of anilines is 1. The summed E-state index contributed by atoms with van der Waals surface area (Å²) in [5, 5.41) is 11.7. The van der Waals surface area contributed by atoms with Gasteiger partial charge in [0.2, 0.25) is 0 Å². The zero-order valence-corrected chi connectivity index (χ0v) is 12.1. The molecule has 0 aliphatic carbocycles. The molecule has 0 spiro atoms. The van der Waals surface area contributed by atoms with Gasteiger partial charge < -0.3 is 9.88 Å². The minimum Gasteiger partial charge on any atom is -0.379 e. The summed E-state index contributed by atoms with van der Waals surface area (Å²) in [5.74, 6) is 0. The fourth-order valence-electron chi connectivity index (χ4n) is 2.32. The van der Waals surface area contributed by atoms with Crippen LogP contribution < -0.4 is 5.32 Å². The summed E-state index contributed by atoms with van der Waals surface area (Å²) < 4.78 is 2.29. The van der Waals surface area contributed by atoms with Gasteiger partial charge in [-0.3, -0.25) is 0 Å². The van der Waals surface area contributed by atoms with Crippen LogP contribution in [0.1, 0.15) is 19.0 Å². The standard InChI is InChI=1S/C16H19N5/c1-2-11-20-12-3-4-16(20)13-17-14-5-7-15(8-6-14)21-18-9-10-19-21/h3-10,12,17H,2,11,13H2,1H3. The Morgan fingerprint density at radius 3 is 2.52 bits per heavy atom. The molecular weight excluding hydrogens is 262 g/mol. The van der Waals surface area contributed by atoms with Crippen molar-refractivity contribution in [3.05, 3.63) is 60.7 Å². The van der Waals surface area contributed by atoms with Crippen molar-refractivity contribution in [3.8, 4) is 5.69 Å². The molecule has 2 heterocycles. The third kappa shape index (κ3) is 3.13. The van der Waals surface area contributed by atoms with Crippen molar-refractivity contribution < 1.29 is 0 Å². The van der Waals surface area contributed by atoms with Crippen molar-refractivity contribution in [3.63, 3.8) is 0 Å². The Labute approximate surface area is 124 Å². The van der Waals surface area contributed by atoms with Gasteiger partial charge in [0.15, 0.2) is 0 Å². The molecule has 3 aromatic rings. The largest absolute Gasteiger partial charge is 0.379 e. The number of hydrogen-bond donors (Lipinski definition) is 1. The quantitative estimate of drug-likeness (QED) is 0.755. The Morgan fingerprint density at radius 1 is 1.05 bits per heavy atom. The number of nitrogens with one attached hydrogen (secondary N) is 1. The fraction of sp³-hybridized carbons (Fsp3) is 0.250. The monoisotopic (exact) mass is 281 g/mol. The van der Waals surface area contributed by atoms with Crippen molar-refractivity contribution in [1.29, 1.82) is 0 Å². The maximum absolute atomic E-state index is 4.12. The van der Waals surface area contributed by atoms with Crippen LogP contribution in [0.4, 0.5) is 5.69 Å². The molecule has 0 radical (unpaired) electrons. The lowest BCUT2D eigenvalue weighted by molar-refractivity contribution is 0.654. The van der Waals surface area contributed by atoms with Gasteiger partial charge in [0.1, 0.15) is 0 Å². The number of nitrogens with zero attached hydrogens (tertiary/aromatic N) is 4.